The molecule has 5 nitrogen and oxygen atoms in total. The van der Waals surface area contributed by atoms with Crippen molar-refractivity contribution >= 4 is 23.4 Å². The van der Waals surface area contributed by atoms with Crippen molar-refractivity contribution in [2.24, 2.45) is 0 Å². The number of hydrogen-bond acceptors (Lipinski definition) is 4. The Bertz CT molecular complexity index is 951. The molecule has 144 valence electrons. The molecule has 3 rings (SSSR count). The maximum atomic E-state index is 12.5. The summed E-state index contributed by atoms with van der Waals surface area (Å²) < 4.78 is 5.40. The van der Waals surface area contributed by atoms with Crippen LogP contribution in [0, 0.1) is 32.1 Å². The van der Waals surface area contributed by atoms with Gasteiger partial charge in [-0.1, -0.05) is 12.1 Å². The molecule has 1 N–H and O–H groups in total. The first-order valence-electron chi connectivity index (χ1n) is 9.41. The molecule has 1 heterocycles. The fourth-order valence-corrected chi connectivity index (χ4v) is 3.16. The molecule has 1 aliphatic rings. The zero-order valence-corrected chi connectivity index (χ0v) is 16.6. The number of aryl methyl sites for hydroxylation is 3. The van der Waals surface area contributed by atoms with E-state index < -0.39 is 5.91 Å². The van der Waals surface area contributed by atoms with Gasteiger partial charge in [-0.05, 0) is 73.4 Å². The van der Waals surface area contributed by atoms with E-state index >= 15 is 0 Å². The average molecular weight is 375 g/mol. The monoisotopic (exact) mass is 375 g/mol. The lowest BCUT2D eigenvalue weighted by molar-refractivity contribution is -0.112. The fourth-order valence-electron chi connectivity index (χ4n) is 3.16. The van der Waals surface area contributed by atoms with Gasteiger partial charge in [0.15, 0.2) is 0 Å². The van der Waals surface area contributed by atoms with Crippen LogP contribution in [0.25, 0.3) is 6.08 Å². The second-order valence-electron chi connectivity index (χ2n) is 7.06. The number of nitrogens with zero attached hydrogens (tertiary/aromatic N) is 2. The van der Waals surface area contributed by atoms with Gasteiger partial charge in [-0.2, -0.15) is 5.26 Å². The van der Waals surface area contributed by atoms with Crippen molar-refractivity contribution in [3.05, 3.63) is 64.2 Å². The van der Waals surface area contributed by atoms with Crippen molar-refractivity contribution in [2.75, 3.05) is 36.5 Å². The summed E-state index contributed by atoms with van der Waals surface area (Å²) in [6.45, 7) is 9.21. The Morgan fingerprint density at radius 2 is 1.82 bits per heavy atom. The first-order chi connectivity index (χ1) is 13.5. The summed E-state index contributed by atoms with van der Waals surface area (Å²) in [5.74, 6) is -0.401. The molecule has 0 radical (unpaired) electrons. The largest absolute Gasteiger partial charge is 0.378 e. The van der Waals surface area contributed by atoms with Crippen LogP contribution in [0.15, 0.2) is 42.0 Å². The summed E-state index contributed by atoms with van der Waals surface area (Å²) in [4.78, 5) is 14.8. The molecule has 0 atom stereocenters. The zero-order chi connectivity index (χ0) is 20.1. The fraction of sp³-hybridized carbons (Fsp3) is 0.304. The first kappa shape index (κ1) is 19.7. The van der Waals surface area contributed by atoms with Gasteiger partial charge in [-0.3, -0.25) is 4.79 Å². The number of rotatable bonds is 4. The van der Waals surface area contributed by atoms with Crippen LogP contribution in [0.4, 0.5) is 11.4 Å². The third-order valence-corrected chi connectivity index (χ3v) is 5.06. The molecule has 1 aliphatic heterocycles. The highest BCUT2D eigenvalue weighted by Gasteiger charge is 2.14. The minimum absolute atomic E-state index is 0.0838. The van der Waals surface area contributed by atoms with Crippen molar-refractivity contribution in [3.8, 4) is 6.07 Å². The first-order valence-corrected chi connectivity index (χ1v) is 9.41. The summed E-state index contributed by atoms with van der Waals surface area (Å²) in [6.07, 6.45) is 1.65. The SMILES string of the molecule is Cc1ccc(NC(=O)/C(C#N)=C\c2ccc(N3CCOCC3)cc2C)cc1C. The number of ether oxygens (including phenoxy) is 1. The third-order valence-electron chi connectivity index (χ3n) is 5.06. The highest BCUT2D eigenvalue weighted by molar-refractivity contribution is 6.09. The molecule has 0 bridgehead atoms. The van der Waals surface area contributed by atoms with Crippen molar-refractivity contribution in [3.63, 3.8) is 0 Å². The maximum absolute atomic E-state index is 12.5. The molecule has 0 unspecified atom stereocenters. The smallest absolute Gasteiger partial charge is 0.266 e. The Balaban J connectivity index is 1.78. The minimum atomic E-state index is -0.401. The van der Waals surface area contributed by atoms with Crippen LogP contribution in [-0.2, 0) is 9.53 Å². The van der Waals surface area contributed by atoms with E-state index in [0.29, 0.717) is 5.69 Å². The highest BCUT2D eigenvalue weighted by Crippen LogP contribution is 2.22. The molecule has 1 amide bonds. The lowest BCUT2D eigenvalue weighted by atomic mass is 10.0. The third kappa shape index (κ3) is 4.59. The predicted molar refractivity (Wildman–Crippen MR) is 112 cm³/mol. The summed E-state index contributed by atoms with van der Waals surface area (Å²) in [5, 5.41) is 12.3. The summed E-state index contributed by atoms with van der Waals surface area (Å²) in [7, 11) is 0. The standard InChI is InChI=1S/C23H25N3O2/c1-16-4-6-21(12-17(16)2)25-23(27)20(15-24)14-19-5-7-22(13-18(19)3)26-8-10-28-11-9-26/h4-7,12-14H,8-11H2,1-3H3,(H,25,27)/b20-14-. The molecular formula is C23H25N3O2. The number of carbonyl (C=O) groups is 1. The molecule has 2 aromatic rings. The highest BCUT2D eigenvalue weighted by atomic mass is 16.5. The van der Waals surface area contributed by atoms with E-state index in [1.54, 1.807) is 6.08 Å². The zero-order valence-electron chi connectivity index (χ0n) is 16.6. The van der Waals surface area contributed by atoms with E-state index in [9.17, 15) is 10.1 Å². The van der Waals surface area contributed by atoms with Gasteiger partial charge in [0.25, 0.3) is 5.91 Å². The maximum Gasteiger partial charge on any atom is 0.266 e. The Morgan fingerprint density at radius 3 is 2.46 bits per heavy atom. The molecule has 0 spiro atoms. The number of amides is 1. The van der Waals surface area contributed by atoms with Crippen LogP contribution in [0.3, 0.4) is 0 Å². The van der Waals surface area contributed by atoms with Gasteiger partial charge >= 0.3 is 0 Å². The van der Waals surface area contributed by atoms with Gasteiger partial charge in [0.1, 0.15) is 11.6 Å². The van der Waals surface area contributed by atoms with Gasteiger partial charge in [0.2, 0.25) is 0 Å². The van der Waals surface area contributed by atoms with Crippen LogP contribution >= 0.6 is 0 Å². The molecule has 0 aromatic heterocycles. The molecule has 5 heteroatoms. The molecule has 1 saturated heterocycles. The van der Waals surface area contributed by atoms with Crippen molar-refractivity contribution in [1.29, 1.82) is 5.26 Å². The molecular weight excluding hydrogens is 350 g/mol. The average Bonchev–Trinajstić information content (AvgIpc) is 2.70. The van der Waals surface area contributed by atoms with E-state index in [0.717, 1.165) is 54.2 Å². The normalized spacial score (nSPS) is 14.5. The summed E-state index contributed by atoms with van der Waals surface area (Å²) in [6, 6.07) is 13.8. The number of nitriles is 1. The summed E-state index contributed by atoms with van der Waals surface area (Å²) >= 11 is 0. The summed E-state index contributed by atoms with van der Waals surface area (Å²) in [5.41, 5.74) is 6.05. The van der Waals surface area contributed by atoms with Gasteiger partial charge in [0, 0.05) is 24.5 Å². The number of hydrogen-bond donors (Lipinski definition) is 1. The van der Waals surface area contributed by atoms with Crippen LogP contribution in [0.2, 0.25) is 0 Å². The van der Waals surface area contributed by atoms with E-state index in [4.69, 9.17) is 4.74 Å². The second kappa shape index (κ2) is 8.73. The van der Waals surface area contributed by atoms with Gasteiger partial charge < -0.3 is 15.0 Å². The molecule has 2 aromatic carbocycles. The van der Waals surface area contributed by atoms with Crippen LogP contribution in [-0.4, -0.2) is 32.2 Å². The van der Waals surface area contributed by atoms with Crippen LogP contribution < -0.4 is 10.2 Å². The minimum Gasteiger partial charge on any atom is -0.378 e. The number of carbonyl (C=O) groups excluding carboxylic acids is 1. The Labute approximate surface area is 166 Å². The molecule has 0 aliphatic carbocycles. The van der Waals surface area contributed by atoms with E-state index in [1.165, 1.54) is 0 Å². The lowest BCUT2D eigenvalue weighted by Crippen LogP contribution is -2.36. The van der Waals surface area contributed by atoms with Crippen LogP contribution in [0.5, 0.6) is 0 Å². The number of benzene rings is 2. The number of anilines is 2. The van der Waals surface area contributed by atoms with Gasteiger partial charge in [0.05, 0.1) is 13.2 Å². The Hall–Kier alpha value is -3.10. The van der Waals surface area contributed by atoms with Crippen molar-refractivity contribution in [2.45, 2.75) is 20.8 Å². The van der Waals surface area contributed by atoms with Crippen molar-refractivity contribution in [1.82, 2.24) is 0 Å². The van der Waals surface area contributed by atoms with E-state index in [1.807, 2.05) is 57.2 Å². The number of nitrogens with one attached hydrogen (secondary N) is 1. The molecule has 28 heavy (non-hydrogen) atoms. The Morgan fingerprint density at radius 1 is 1.07 bits per heavy atom. The topological polar surface area (TPSA) is 65.4 Å². The second-order valence-corrected chi connectivity index (χ2v) is 7.06. The van der Waals surface area contributed by atoms with Gasteiger partial charge in [-0.25, -0.2) is 0 Å². The molecule has 1 fully saturated rings. The lowest BCUT2D eigenvalue weighted by Gasteiger charge is -2.29. The van der Waals surface area contributed by atoms with E-state index in [2.05, 4.69) is 16.3 Å². The number of morpholine rings is 1. The van der Waals surface area contributed by atoms with Gasteiger partial charge in [-0.15, -0.1) is 0 Å². The van der Waals surface area contributed by atoms with E-state index in [-0.39, 0.29) is 5.57 Å². The quantitative estimate of drug-likeness (QED) is 0.648. The van der Waals surface area contributed by atoms with Crippen LogP contribution in [0.1, 0.15) is 22.3 Å². The molecule has 0 saturated carbocycles. The Kier molecular flexibility index (Phi) is 6.13. The van der Waals surface area contributed by atoms with Crippen molar-refractivity contribution < 1.29 is 9.53 Å². The predicted octanol–water partition coefficient (Wildman–Crippen LogP) is 3.99.